The molecule has 0 aliphatic heterocycles. The third-order valence-corrected chi connectivity index (χ3v) is 3.97. The molecule has 2 nitrogen and oxygen atoms in total. The average Bonchev–Trinajstić information content (AvgIpc) is 2.74. The van der Waals surface area contributed by atoms with Crippen LogP contribution in [0.1, 0.15) is 52.5 Å². The molecular weight excluding hydrogens is 280 g/mol. The fraction of sp³-hybridized carbons (Fsp3) is 0.556. The molecule has 3 heteroatoms. The quantitative estimate of drug-likeness (QED) is 0.710. The van der Waals surface area contributed by atoms with E-state index in [4.69, 9.17) is 11.6 Å². The lowest BCUT2D eigenvalue weighted by atomic mass is 10.1. The highest BCUT2D eigenvalue weighted by molar-refractivity contribution is 6.31. The molecule has 0 unspecified atom stereocenters. The normalized spacial score (nSPS) is 12.2. The predicted molar refractivity (Wildman–Crippen MR) is 93.1 cm³/mol. The second-order valence-corrected chi connectivity index (χ2v) is 7.26. The minimum absolute atomic E-state index is 0.128. The maximum Gasteiger partial charge on any atom is 0.0498 e. The zero-order chi connectivity index (χ0) is 15.5. The first-order valence-electron chi connectivity index (χ1n) is 7.93. The Morgan fingerprint density at radius 2 is 1.95 bits per heavy atom. The SMILES string of the molecule is CCCCCn1cc(CNC(C)(C)C)c2ccc(Cl)cc21. The molecule has 0 saturated carbocycles. The molecule has 0 bridgehead atoms. The van der Waals surface area contributed by atoms with E-state index < -0.39 is 0 Å². The van der Waals surface area contributed by atoms with Crippen molar-refractivity contribution < 1.29 is 0 Å². The Bertz CT molecular complexity index is 593. The fourth-order valence-electron chi connectivity index (χ4n) is 2.56. The van der Waals surface area contributed by atoms with Crippen molar-refractivity contribution in [3.8, 4) is 0 Å². The summed E-state index contributed by atoms with van der Waals surface area (Å²) in [6.07, 6.45) is 6.03. The number of fused-ring (bicyclic) bond motifs is 1. The van der Waals surface area contributed by atoms with Crippen molar-refractivity contribution in [2.45, 2.75) is 65.6 Å². The van der Waals surface area contributed by atoms with Gasteiger partial charge in [-0.2, -0.15) is 0 Å². The summed E-state index contributed by atoms with van der Waals surface area (Å²) in [7, 11) is 0. The molecule has 0 aliphatic carbocycles. The molecule has 1 aromatic heterocycles. The van der Waals surface area contributed by atoms with Gasteiger partial charge in [0, 0.05) is 40.8 Å². The lowest BCUT2D eigenvalue weighted by Crippen LogP contribution is -2.34. The Labute approximate surface area is 133 Å². The van der Waals surface area contributed by atoms with Gasteiger partial charge in [0.15, 0.2) is 0 Å². The van der Waals surface area contributed by atoms with Crippen LogP contribution in [0.5, 0.6) is 0 Å². The summed E-state index contributed by atoms with van der Waals surface area (Å²) < 4.78 is 2.36. The number of nitrogens with one attached hydrogen (secondary N) is 1. The molecule has 0 atom stereocenters. The molecule has 1 N–H and O–H groups in total. The van der Waals surface area contributed by atoms with Gasteiger partial charge in [-0.25, -0.2) is 0 Å². The number of hydrogen-bond acceptors (Lipinski definition) is 1. The highest BCUT2D eigenvalue weighted by Crippen LogP contribution is 2.26. The molecule has 116 valence electrons. The summed E-state index contributed by atoms with van der Waals surface area (Å²) in [4.78, 5) is 0. The van der Waals surface area contributed by atoms with Crippen LogP contribution in [0.4, 0.5) is 0 Å². The van der Waals surface area contributed by atoms with E-state index in [2.05, 4.69) is 55.9 Å². The van der Waals surface area contributed by atoms with E-state index in [1.807, 2.05) is 6.07 Å². The largest absolute Gasteiger partial charge is 0.347 e. The third-order valence-electron chi connectivity index (χ3n) is 3.74. The molecule has 0 saturated heterocycles. The molecule has 1 heterocycles. The molecule has 21 heavy (non-hydrogen) atoms. The molecule has 0 aliphatic rings. The number of nitrogens with zero attached hydrogens (tertiary/aromatic N) is 1. The number of aryl methyl sites for hydroxylation is 1. The van der Waals surface area contributed by atoms with Crippen molar-refractivity contribution in [3.05, 3.63) is 35.0 Å². The molecule has 0 fully saturated rings. The lowest BCUT2D eigenvalue weighted by Gasteiger charge is -2.20. The number of halogens is 1. The van der Waals surface area contributed by atoms with Crippen LogP contribution in [-0.2, 0) is 13.1 Å². The smallest absolute Gasteiger partial charge is 0.0498 e. The van der Waals surface area contributed by atoms with Gasteiger partial charge in [0.2, 0.25) is 0 Å². The van der Waals surface area contributed by atoms with Crippen LogP contribution in [0.3, 0.4) is 0 Å². The zero-order valence-electron chi connectivity index (χ0n) is 13.7. The van der Waals surface area contributed by atoms with Gasteiger partial charge in [-0.1, -0.05) is 37.4 Å². The molecule has 0 amide bonds. The first kappa shape index (κ1) is 16.4. The topological polar surface area (TPSA) is 17.0 Å². The van der Waals surface area contributed by atoms with Crippen LogP contribution in [0.2, 0.25) is 5.02 Å². The summed E-state index contributed by atoms with van der Waals surface area (Å²) in [6, 6.07) is 6.22. The zero-order valence-corrected chi connectivity index (χ0v) is 14.4. The van der Waals surface area contributed by atoms with Crippen molar-refractivity contribution in [2.75, 3.05) is 0 Å². The Kier molecular flexibility index (Phi) is 5.34. The predicted octanol–water partition coefficient (Wildman–Crippen LogP) is 5.37. The highest BCUT2D eigenvalue weighted by atomic mass is 35.5. The van der Waals surface area contributed by atoms with Crippen LogP contribution >= 0.6 is 11.6 Å². The van der Waals surface area contributed by atoms with E-state index in [1.54, 1.807) is 0 Å². The number of hydrogen-bond donors (Lipinski definition) is 1. The Morgan fingerprint density at radius 3 is 2.62 bits per heavy atom. The first-order valence-corrected chi connectivity index (χ1v) is 8.31. The average molecular weight is 307 g/mol. The van der Waals surface area contributed by atoms with E-state index in [1.165, 1.54) is 35.7 Å². The van der Waals surface area contributed by atoms with Crippen molar-refractivity contribution in [2.24, 2.45) is 0 Å². The van der Waals surface area contributed by atoms with E-state index in [9.17, 15) is 0 Å². The second-order valence-electron chi connectivity index (χ2n) is 6.82. The number of unbranched alkanes of at least 4 members (excludes halogenated alkanes) is 2. The van der Waals surface area contributed by atoms with Crippen molar-refractivity contribution in [3.63, 3.8) is 0 Å². The summed E-state index contributed by atoms with van der Waals surface area (Å²) in [5.41, 5.74) is 2.74. The van der Waals surface area contributed by atoms with E-state index in [0.717, 1.165) is 18.1 Å². The molecule has 2 aromatic rings. The first-order chi connectivity index (χ1) is 9.90. The van der Waals surface area contributed by atoms with Crippen LogP contribution in [0.25, 0.3) is 10.9 Å². The fourth-order valence-corrected chi connectivity index (χ4v) is 2.73. The maximum atomic E-state index is 6.18. The van der Waals surface area contributed by atoms with Crippen molar-refractivity contribution in [1.82, 2.24) is 9.88 Å². The van der Waals surface area contributed by atoms with Crippen LogP contribution in [0, 0.1) is 0 Å². The molecule has 2 rings (SSSR count). The Balaban J connectivity index is 2.28. The summed E-state index contributed by atoms with van der Waals surface area (Å²) in [6.45, 7) is 10.8. The molecular formula is C18H27ClN2. The highest BCUT2D eigenvalue weighted by Gasteiger charge is 2.13. The van der Waals surface area contributed by atoms with Gasteiger partial charge in [0.25, 0.3) is 0 Å². The second kappa shape index (κ2) is 6.85. The number of aromatic nitrogens is 1. The van der Waals surface area contributed by atoms with Gasteiger partial charge in [-0.15, -0.1) is 0 Å². The van der Waals surface area contributed by atoms with Gasteiger partial charge in [0.05, 0.1) is 0 Å². The summed E-state index contributed by atoms with van der Waals surface area (Å²) in [5.74, 6) is 0. The van der Waals surface area contributed by atoms with Gasteiger partial charge < -0.3 is 9.88 Å². The minimum atomic E-state index is 0.128. The van der Waals surface area contributed by atoms with Gasteiger partial charge in [-0.3, -0.25) is 0 Å². The van der Waals surface area contributed by atoms with E-state index in [-0.39, 0.29) is 5.54 Å². The number of benzene rings is 1. The van der Waals surface area contributed by atoms with Gasteiger partial charge in [0.1, 0.15) is 0 Å². The Hall–Kier alpha value is -0.990. The van der Waals surface area contributed by atoms with Crippen LogP contribution < -0.4 is 5.32 Å². The monoisotopic (exact) mass is 306 g/mol. The standard InChI is InChI=1S/C18H27ClN2/c1-5-6-7-10-21-13-14(12-20-18(2,3)4)16-9-8-15(19)11-17(16)21/h8-9,11,13,20H,5-7,10,12H2,1-4H3. The maximum absolute atomic E-state index is 6.18. The molecule has 1 aromatic carbocycles. The minimum Gasteiger partial charge on any atom is -0.347 e. The van der Waals surface area contributed by atoms with Gasteiger partial charge in [-0.05, 0) is 44.9 Å². The third kappa shape index (κ3) is 4.49. The van der Waals surface area contributed by atoms with Crippen LogP contribution in [0.15, 0.2) is 24.4 Å². The summed E-state index contributed by atoms with van der Waals surface area (Å²) in [5, 5.41) is 5.70. The van der Waals surface area contributed by atoms with Crippen molar-refractivity contribution >= 4 is 22.5 Å². The summed E-state index contributed by atoms with van der Waals surface area (Å²) >= 11 is 6.18. The van der Waals surface area contributed by atoms with E-state index >= 15 is 0 Å². The van der Waals surface area contributed by atoms with E-state index in [0.29, 0.717) is 0 Å². The molecule has 0 radical (unpaired) electrons. The molecule has 0 spiro atoms. The Morgan fingerprint density at radius 1 is 1.19 bits per heavy atom. The number of rotatable bonds is 6. The van der Waals surface area contributed by atoms with Gasteiger partial charge >= 0.3 is 0 Å². The van der Waals surface area contributed by atoms with Crippen molar-refractivity contribution in [1.29, 1.82) is 0 Å². The lowest BCUT2D eigenvalue weighted by molar-refractivity contribution is 0.424. The van der Waals surface area contributed by atoms with Crippen LogP contribution in [-0.4, -0.2) is 10.1 Å².